The van der Waals surface area contributed by atoms with Crippen LogP contribution in [0.5, 0.6) is 5.75 Å². The Balaban J connectivity index is 0.000000379. The number of rotatable bonds is 19. The van der Waals surface area contributed by atoms with E-state index in [1.807, 2.05) is 111 Å². The highest BCUT2D eigenvalue weighted by Crippen LogP contribution is 2.30. The van der Waals surface area contributed by atoms with Crippen molar-refractivity contribution in [2.24, 2.45) is 11.7 Å². The Bertz CT molecular complexity index is 1900. The average molecular weight is 827 g/mol. The summed E-state index contributed by atoms with van der Waals surface area (Å²) in [5, 5.41) is 5.76. The number of hydrogen-bond acceptors (Lipinski definition) is 11. The molecule has 0 saturated carbocycles. The molecule has 3 saturated heterocycles. The van der Waals surface area contributed by atoms with Gasteiger partial charge in [0.15, 0.2) is 17.3 Å². The topological polar surface area (TPSA) is 182 Å². The number of carbonyl (C=O) groups excluding carboxylic acids is 5. The molecular formula is C47H62N4O9. The van der Waals surface area contributed by atoms with Crippen molar-refractivity contribution in [1.82, 2.24) is 15.5 Å². The van der Waals surface area contributed by atoms with Crippen molar-refractivity contribution in [2.75, 3.05) is 46.1 Å². The predicted molar refractivity (Wildman–Crippen MR) is 227 cm³/mol. The van der Waals surface area contributed by atoms with Crippen LogP contribution in [0.4, 0.5) is 0 Å². The molecule has 0 aliphatic carbocycles. The van der Waals surface area contributed by atoms with Crippen LogP contribution in [0.3, 0.4) is 0 Å². The van der Waals surface area contributed by atoms with Crippen LogP contribution in [0.2, 0.25) is 0 Å². The van der Waals surface area contributed by atoms with E-state index in [9.17, 15) is 24.0 Å². The van der Waals surface area contributed by atoms with Gasteiger partial charge in [0.05, 0.1) is 51.1 Å². The van der Waals surface area contributed by atoms with Gasteiger partial charge in [-0.05, 0) is 89.6 Å². The monoisotopic (exact) mass is 826 g/mol. The number of Topliss-reactive ketones (excluding diaryl/α,β-unsaturated/α-hetero) is 3. The van der Waals surface area contributed by atoms with Gasteiger partial charge in [-0.15, -0.1) is 0 Å². The van der Waals surface area contributed by atoms with Gasteiger partial charge in [0.1, 0.15) is 22.6 Å². The summed E-state index contributed by atoms with van der Waals surface area (Å²) < 4.78 is 21.8. The molecule has 3 heterocycles. The Hall–Kier alpha value is -4.79. The minimum atomic E-state index is -0.930. The van der Waals surface area contributed by atoms with Gasteiger partial charge in [0.2, 0.25) is 11.8 Å². The molecule has 13 heteroatoms. The molecule has 3 aromatic carbocycles. The van der Waals surface area contributed by atoms with E-state index < -0.39 is 41.2 Å². The summed E-state index contributed by atoms with van der Waals surface area (Å²) in [6.45, 7) is 14.5. The lowest BCUT2D eigenvalue weighted by Gasteiger charge is -2.27. The second-order valence-corrected chi connectivity index (χ2v) is 17.4. The quantitative estimate of drug-likeness (QED) is 0.150. The van der Waals surface area contributed by atoms with Crippen molar-refractivity contribution in [2.45, 2.75) is 102 Å². The first-order valence-corrected chi connectivity index (χ1v) is 20.8. The van der Waals surface area contributed by atoms with Gasteiger partial charge in [-0.3, -0.25) is 28.9 Å². The van der Waals surface area contributed by atoms with Crippen molar-refractivity contribution in [3.05, 3.63) is 102 Å². The summed E-state index contributed by atoms with van der Waals surface area (Å²) in [5.41, 5.74) is 6.78. The zero-order valence-corrected chi connectivity index (χ0v) is 35.9. The van der Waals surface area contributed by atoms with E-state index in [2.05, 4.69) is 10.6 Å². The molecule has 3 aliphatic heterocycles. The number of carbonyl (C=O) groups is 5. The van der Waals surface area contributed by atoms with Gasteiger partial charge in [-0.25, -0.2) is 0 Å². The lowest BCUT2D eigenvalue weighted by Crippen LogP contribution is -2.50. The van der Waals surface area contributed by atoms with Crippen molar-refractivity contribution in [3.8, 4) is 5.75 Å². The Morgan fingerprint density at radius 1 is 0.750 bits per heavy atom. The average Bonchev–Trinajstić information content (AvgIpc) is 4.16. The number of epoxide rings is 2. The van der Waals surface area contributed by atoms with Crippen molar-refractivity contribution in [1.29, 1.82) is 0 Å². The molecule has 0 aromatic heterocycles. The maximum atomic E-state index is 13.9. The molecule has 4 N–H and O–H groups in total. The number of ether oxygens (including phenoxy) is 4. The standard InChI is InChI=1S/C35H47N3O7.C12H15NO2/c1-24(36-31(40)22-38-15-17-43-18-16-38)30(39)21-27(19-26-11-13-28(14-12-26)45-34(2,3)4)33(42)37-29(32(41)35(5)23-44-35)20-25-9-7-6-8-10-25;1-12(8-15-12)11(14)10(13)7-9-5-3-2-4-6-9/h6-14,24,27,29H,15-23H2,1-5H3,(H,36,40)(H,37,42);2-6,10H,7-8,13H2,1H3/t24-,27?,29-,35+;10-,12+/m00/s1. The third kappa shape index (κ3) is 14.4. The second kappa shape index (κ2) is 20.7. The molecule has 0 spiro atoms. The molecule has 324 valence electrons. The molecule has 13 nitrogen and oxygen atoms in total. The second-order valence-electron chi connectivity index (χ2n) is 17.4. The minimum absolute atomic E-state index is 0.00588. The fourth-order valence-electron chi connectivity index (χ4n) is 6.91. The van der Waals surface area contributed by atoms with Gasteiger partial charge in [0.25, 0.3) is 0 Å². The lowest BCUT2D eigenvalue weighted by molar-refractivity contribution is -0.134. The Kier molecular flexibility index (Phi) is 15.9. The predicted octanol–water partition coefficient (Wildman–Crippen LogP) is 3.82. The Labute approximate surface area is 354 Å². The third-order valence-corrected chi connectivity index (χ3v) is 10.7. The number of nitrogens with two attached hydrogens (primary N) is 1. The van der Waals surface area contributed by atoms with E-state index >= 15 is 0 Å². The summed E-state index contributed by atoms with van der Waals surface area (Å²) in [6, 6.07) is 24.7. The van der Waals surface area contributed by atoms with E-state index in [1.54, 1.807) is 20.8 Å². The van der Waals surface area contributed by atoms with E-state index in [4.69, 9.17) is 24.7 Å². The smallest absolute Gasteiger partial charge is 0.234 e. The number of hydrogen-bond donors (Lipinski definition) is 3. The minimum Gasteiger partial charge on any atom is -0.488 e. The molecule has 3 aromatic rings. The maximum absolute atomic E-state index is 13.9. The molecular weight excluding hydrogens is 765 g/mol. The van der Waals surface area contributed by atoms with Crippen LogP contribution in [0.25, 0.3) is 0 Å². The summed E-state index contributed by atoms with van der Waals surface area (Å²) in [6.07, 6.45) is 1.05. The molecule has 2 amide bonds. The zero-order valence-electron chi connectivity index (χ0n) is 35.9. The summed E-state index contributed by atoms with van der Waals surface area (Å²) >= 11 is 0. The fraction of sp³-hybridized carbons (Fsp3) is 0.511. The number of morpholine rings is 1. The molecule has 3 fully saturated rings. The summed E-state index contributed by atoms with van der Waals surface area (Å²) in [4.78, 5) is 67.2. The first kappa shape index (κ1) is 46.3. The Morgan fingerprint density at radius 3 is 1.80 bits per heavy atom. The van der Waals surface area contributed by atoms with Gasteiger partial charge in [-0.1, -0.05) is 72.8 Å². The zero-order chi connectivity index (χ0) is 43.5. The SMILES string of the molecule is C[C@H](NC(=O)CN1CCOCC1)C(=O)CC(Cc1ccc(OC(C)(C)C)cc1)C(=O)N[C@@H](Cc1ccccc1)C(=O)[C@@]1(C)CO1.C[C@]1(C(=O)[C@@H](N)Cc2ccccc2)CO1. The van der Waals surface area contributed by atoms with Crippen LogP contribution < -0.4 is 21.1 Å². The Morgan fingerprint density at radius 2 is 1.27 bits per heavy atom. The number of nitrogens with one attached hydrogen (secondary N) is 2. The van der Waals surface area contributed by atoms with E-state index in [0.717, 1.165) is 16.7 Å². The van der Waals surface area contributed by atoms with Crippen LogP contribution >= 0.6 is 0 Å². The number of benzene rings is 3. The first-order valence-electron chi connectivity index (χ1n) is 20.8. The highest BCUT2D eigenvalue weighted by Gasteiger charge is 2.50. The third-order valence-electron chi connectivity index (χ3n) is 10.7. The van der Waals surface area contributed by atoms with Gasteiger partial charge < -0.3 is 35.3 Å². The first-order chi connectivity index (χ1) is 28.4. The largest absolute Gasteiger partial charge is 0.488 e. The van der Waals surface area contributed by atoms with Gasteiger partial charge in [0, 0.05) is 25.4 Å². The van der Waals surface area contributed by atoms with Crippen LogP contribution in [0, 0.1) is 5.92 Å². The van der Waals surface area contributed by atoms with Crippen LogP contribution in [0.1, 0.15) is 64.7 Å². The molecule has 1 unspecified atom stereocenters. The normalized spacial score (nSPS) is 21.8. The molecule has 6 rings (SSSR count). The van der Waals surface area contributed by atoms with Gasteiger partial charge >= 0.3 is 0 Å². The van der Waals surface area contributed by atoms with Crippen LogP contribution in [0.15, 0.2) is 84.9 Å². The highest BCUT2D eigenvalue weighted by atomic mass is 16.6. The lowest BCUT2D eigenvalue weighted by atomic mass is 9.89. The number of amides is 2. The highest BCUT2D eigenvalue weighted by molar-refractivity contribution is 5.98. The molecule has 3 aliphatic rings. The molecule has 6 atom stereocenters. The number of nitrogens with zero attached hydrogens (tertiary/aromatic N) is 1. The van der Waals surface area contributed by atoms with Crippen LogP contribution in [-0.4, -0.2) is 115 Å². The molecule has 60 heavy (non-hydrogen) atoms. The summed E-state index contributed by atoms with van der Waals surface area (Å²) in [5.74, 6) is -1.18. The molecule has 0 radical (unpaired) electrons. The van der Waals surface area contributed by atoms with Crippen molar-refractivity contribution in [3.63, 3.8) is 0 Å². The van der Waals surface area contributed by atoms with Crippen LogP contribution in [-0.2, 0) is 57.4 Å². The number of ketones is 3. The maximum Gasteiger partial charge on any atom is 0.234 e. The van der Waals surface area contributed by atoms with E-state index in [-0.39, 0.29) is 48.2 Å². The van der Waals surface area contributed by atoms with Gasteiger partial charge in [-0.2, -0.15) is 0 Å². The van der Waals surface area contributed by atoms with E-state index in [1.165, 1.54) is 0 Å². The molecule has 0 bridgehead atoms. The van der Waals surface area contributed by atoms with Crippen molar-refractivity contribution >= 4 is 29.2 Å². The van der Waals surface area contributed by atoms with E-state index in [0.29, 0.717) is 58.1 Å². The van der Waals surface area contributed by atoms with Crippen molar-refractivity contribution < 1.29 is 42.9 Å². The fourth-order valence-corrected chi connectivity index (χ4v) is 6.91. The summed E-state index contributed by atoms with van der Waals surface area (Å²) in [7, 11) is 0.